The summed E-state index contributed by atoms with van der Waals surface area (Å²) in [6.07, 6.45) is 12.6. The molecule has 1 N–H and O–H groups in total. The third kappa shape index (κ3) is 8.15. The van der Waals surface area contributed by atoms with Gasteiger partial charge in [0.2, 0.25) is 5.88 Å². The molecular formula is C28H39N5O5S. The average molecular weight is 558 g/mol. The summed E-state index contributed by atoms with van der Waals surface area (Å²) < 4.78 is 19.2. The number of pyridine rings is 2. The number of aromatic nitrogens is 5. The zero-order valence-corrected chi connectivity index (χ0v) is 24.5. The first-order valence-corrected chi connectivity index (χ1v) is 16.0. The lowest BCUT2D eigenvalue weighted by atomic mass is 9.95. The maximum Gasteiger partial charge on any atom is 0.317 e. The fourth-order valence-electron chi connectivity index (χ4n) is 3.46. The molecule has 0 atom stereocenters. The van der Waals surface area contributed by atoms with Crippen molar-refractivity contribution in [1.29, 1.82) is 0 Å². The first-order chi connectivity index (χ1) is 18.4. The van der Waals surface area contributed by atoms with Gasteiger partial charge in [0.05, 0.1) is 24.3 Å². The Hall–Kier alpha value is -3.18. The van der Waals surface area contributed by atoms with Gasteiger partial charge in [-0.05, 0) is 76.0 Å². The van der Waals surface area contributed by atoms with Crippen molar-refractivity contribution >= 4 is 16.0 Å². The van der Waals surface area contributed by atoms with Crippen LogP contribution in [0.15, 0.2) is 30.6 Å². The van der Waals surface area contributed by atoms with Crippen LogP contribution in [0.3, 0.4) is 0 Å². The van der Waals surface area contributed by atoms with E-state index in [0.717, 1.165) is 28.1 Å². The molecule has 39 heavy (non-hydrogen) atoms. The lowest BCUT2D eigenvalue weighted by Crippen LogP contribution is -2.30. The number of carboxylic acids is 1. The van der Waals surface area contributed by atoms with Gasteiger partial charge in [0.15, 0.2) is 5.82 Å². The minimum Gasteiger partial charge on any atom is -0.481 e. The monoisotopic (exact) mass is 557 g/mol. The van der Waals surface area contributed by atoms with Gasteiger partial charge in [-0.1, -0.05) is 0 Å². The van der Waals surface area contributed by atoms with Crippen LogP contribution in [0.5, 0.6) is 11.9 Å². The maximum atomic E-state index is 11.3. The Bertz CT molecular complexity index is 1280. The van der Waals surface area contributed by atoms with E-state index in [1.54, 1.807) is 37.0 Å². The molecule has 0 aliphatic heterocycles. The number of aryl methyl sites for hydroxylation is 1. The van der Waals surface area contributed by atoms with E-state index in [-0.39, 0.29) is 13.3 Å². The van der Waals surface area contributed by atoms with Crippen molar-refractivity contribution in [3.05, 3.63) is 36.2 Å². The fourth-order valence-corrected chi connectivity index (χ4v) is 4.07. The first kappa shape index (κ1) is 28.8. The average Bonchev–Trinajstić information content (AvgIpc) is 3.62. The number of rotatable bonds is 14. The van der Waals surface area contributed by atoms with Gasteiger partial charge in [-0.25, -0.2) is 15.0 Å². The van der Waals surface area contributed by atoms with E-state index >= 15 is 0 Å². The number of aliphatic carboxylic acids is 1. The third-order valence-electron chi connectivity index (χ3n) is 6.38. The van der Waals surface area contributed by atoms with E-state index in [1.165, 1.54) is 12.8 Å². The van der Waals surface area contributed by atoms with Crippen molar-refractivity contribution in [2.75, 3.05) is 44.3 Å². The molecule has 0 radical (unpaired) electrons. The summed E-state index contributed by atoms with van der Waals surface area (Å²) in [5.41, 5.74) is 2.29. The molecule has 212 valence electrons. The second-order valence-corrected chi connectivity index (χ2v) is 16.1. The minimum atomic E-state index is -1.01. The van der Waals surface area contributed by atoms with Gasteiger partial charge in [-0.15, -0.1) is 5.10 Å². The summed E-state index contributed by atoms with van der Waals surface area (Å²) in [7, 11) is -0.627. The van der Waals surface area contributed by atoms with Crippen LogP contribution in [-0.2, 0) is 16.3 Å². The Morgan fingerprint density at radius 2 is 1.92 bits per heavy atom. The molecular weight excluding hydrogens is 518 g/mol. The Kier molecular flexibility index (Phi) is 8.80. The summed E-state index contributed by atoms with van der Waals surface area (Å²) in [5, 5.41) is 13.9. The Labute approximate surface area is 231 Å². The fraction of sp³-hybridized carbons (Fsp3) is 0.536. The van der Waals surface area contributed by atoms with Crippen LogP contribution >= 0.6 is 10.0 Å². The normalized spacial score (nSPS) is 14.3. The number of hydrogen-bond acceptors (Lipinski definition) is 8. The Balaban J connectivity index is 1.45. The molecule has 1 aliphatic carbocycles. The largest absolute Gasteiger partial charge is 0.481 e. The van der Waals surface area contributed by atoms with Gasteiger partial charge < -0.3 is 19.3 Å². The molecule has 1 aliphatic rings. The topological polar surface area (TPSA) is 121 Å². The second kappa shape index (κ2) is 11.9. The SMILES string of the molecule is Cc1cc(OCC(C)(C)C(=O)O)ncc1-c1ccc(-c2nc(OCC3CC3)n(COCCS(C)(C)C)n2)cn1. The third-order valence-corrected chi connectivity index (χ3v) is 7.77. The van der Waals surface area contributed by atoms with Crippen LogP contribution < -0.4 is 9.47 Å². The summed E-state index contributed by atoms with van der Waals surface area (Å²) in [6.45, 7) is 6.79. The predicted molar refractivity (Wildman–Crippen MR) is 153 cm³/mol. The number of hydrogen-bond donors (Lipinski definition) is 1. The smallest absolute Gasteiger partial charge is 0.317 e. The highest BCUT2D eigenvalue weighted by Gasteiger charge is 2.28. The van der Waals surface area contributed by atoms with Crippen molar-refractivity contribution in [3.8, 4) is 34.5 Å². The molecule has 0 saturated heterocycles. The quantitative estimate of drug-likeness (QED) is 0.282. The summed E-state index contributed by atoms with van der Waals surface area (Å²) in [5.74, 6) is 1.61. The Morgan fingerprint density at radius 3 is 2.54 bits per heavy atom. The van der Waals surface area contributed by atoms with Crippen molar-refractivity contribution in [3.63, 3.8) is 0 Å². The number of carbonyl (C=O) groups is 1. The molecule has 11 heteroatoms. The van der Waals surface area contributed by atoms with Gasteiger partial charge >= 0.3 is 12.0 Å². The van der Waals surface area contributed by atoms with E-state index in [4.69, 9.17) is 14.2 Å². The van der Waals surface area contributed by atoms with E-state index in [1.807, 2.05) is 19.1 Å². The van der Waals surface area contributed by atoms with Crippen LogP contribution in [0.4, 0.5) is 0 Å². The molecule has 0 amide bonds. The van der Waals surface area contributed by atoms with Crippen LogP contribution in [0.1, 0.15) is 32.3 Å². The van der Waals surface area contributed by atoms with Crippen molar-refractivity contribution in [2.24, 2.45) is 11.3 Å². The molecule has 1 fully saturated rings. The van der Waals surface area contributed by atoms with Gasteiger partial charge in [-0.2, -0.15) is 9.67 Å². The van der Waals surface area contributed by atoms with Gasteiger partial charge in [0, 0.05) is 35.3 Å². The molecule has 3 aromatic heterocycles. The maximum absolute atomic E-state index is 11.3. The van der Waals surface area contributed by atoms with Crippen LogP contribution in [0, 0.1) is 18.3 Å². The molecule has 0 spiro atoms. The summed E-state index contributed by atoms with van der Waals surface area (Å²) in [4.78, 5) is 24.9. The van der Waals surface area contributed by atoms with Crippen molar-refractivity contribution in [2.45, 2.75) is 40.3 Å². The van der Waals surface area contributed by atoms with E-state index in [2.05, 4.69) is 38.8 Å². The molecule has 10 nitrogen and oxygen atoms in total. The molecule has 3 aromatic rings. The van der Waals surface area contributed by atoms with E-state index in [9.17, 15) is 9.90 Å². The van der Waals surface area contributed by atoms with Crippen LogP contribution in [0.2, 0.25) is 0 Å². The lowest BCUT2D eigenvalue weighted by Gasteiger charge is -2.24. The Morgan fingerprint density at radius 1 is 1.15 bits per heavy atom. The zero-order valence-electron chi connectivity index (χ0n) is 23.6. The van der Waals surface area contributed by atoms with Crippen LogP contribution in [-0.4, -0.2) is 80.1 Å². The number of carboxylic acid groups (broad SMARTS) is 1. The highest BCUT2D eigenvalue weighted by atomic mass is 32.3. The molecule has 0 bridgehead atoms. The molecule has 0 unspecified atom stereocenters. The van der Waals surface area contributed by atoms with Gasteiger partial charge in [0.25, 0.3) is 0 Å². The standard InChI is InChI=1S/C28H39N5O5S/c1-19-13-24(38-17-28(2,3)26(34)35)30-15-22(19)23-10-9-21(14-29-23)25-31-27(37-16-20-7-8-20)33(32-25)18-36-11-12-39(4,5)6/h9-10,13-15,20H,7-8,11-12,16-18H2,1-6H3,(H,34,35). The molecule has 0 aromatic carbocycles. The van der Waals surface area contributed by atoms with Gasteiger partial charge in [0.1, 0.15) is 13.3 Å². The lowest BCUT2D eigenvalue weighted by molar-refractivity contribution is -0.148. The van der Waals surface area contributed by atoms with E-state index in [0.29, 0.717) is 36.8 Å². The molecule has 1 saturated carbocycles. The second-order valence-electron chi connectivity index (χ2n) is 11.6. The number of ether oxygens (including phenoxy) is 3. The summed E-state index contributed by atoms with van der Waals surface area (Å²) >= 11 is 0. The first-order valence-electron chi connectivity index (χ1n) is 13.0. The van der Waals surface area contributed by atoms with E-state index < -0.39 is 21.4 Å². The summed E-state index contributed by atoms with van der Waals surface area (Å²) in [6, 6.07) is 6.08. The highest BCUT2D eigenvalue weighted by molar-refractivity contribution is 8.32. The minimum absolute atomic E-state index is 0.0236. The highest BCUT2D eigenvalue weighted by Crippen LogP contribution is 2.34. The zero-order chi connectivity index (χ0) is 28.2. The molecule has 4 rings (SSSR count). The number of nitrogens with zero attached hydrogens (tertiary/aromatic N) is 5. The van der Waals surface area contributed by atoms with Crippen molar-refractivity contribution in [1.82, 2.24) is 24.7 Å². The van der Waals surface area contributed by atoms with Gasteiger partial charge in [-0.3, -0.25) is 9.78 Å². The molecule has 3 heterocycles. The predicted octanol–water partition coefficient (Wildman–Crippen LogP) is 4.66. The van der Waals surface area contributed by atoms with Crippen molar-refractivity contribution < 1.29 is 24.1 Å². The van der Waals surface area contributed by atoms with Crippen LogP contribution in [0.25, 0.3) is 22.6 Å².